The minimum Gasteiger partial charge on any atom is -0.461 e. The molecule has 0 fully saturated rings. The standard InChI is InChI=1S/C17H35NO5/c1-6-13(2)22-17(16(18)14(3)23-15(4)19)21-12-10-8-7-9-11-20-5/h13-14,16-17H,6-12,18H2,1-5H3/t13?,14-,16?,17-/m1/s1. The fraction of sp³-hybridized carbons (Fsp3) is 0.941. The van der Waals surface area contributed by atoms with Crippen LogP contribution in [0.4, 0.5) is 0 Å². The predicted octanol–water partition coefficient (Wildman–Crippen LogP) is 2.63. The van der Waals surface area contributed by atoms with Crippen molar-refractivity contribution in [3.8, 4) is 0 Å². The molecular formula is C17H35NO5. The monoisotopic (exact) mass is 333 g/mol. The van der Waals surface area contributed by atoms with Crippen molar-refractivity contribution in [2.24, 2.45) is 5.73 Å². The zero-order chi connectivity index (χ0) is 17.7. The minimum atomic E-state index is -0.571. The molecule has 2 N–H and O–H groups in total. The quantitative estimate of drug-likeness (QED) is 0.299. The Morgan fingerprint density at radius 3 is 2.22 bits per heavy atom. The smallest absolute Gasteiger partial charge is 0.302 e. The summed E-state index contributed by atoms with van der Waals surface area (Å²) in [6.45, 7) is 8.52. The molecule has 0 saturated heterocycles. The first-order valence-corrected chi connectivity index (χ1v) is 8.61. The number of hydrogen-bond donors (Lipinski definition) is 1. The van der Waals surface area contributed by atoms with Crippen molar-refractivity contribution in [1.82, 2.24) is 0 Å². The molecular weight excluding hydrogens is 298 g/mol. The topological polar surface area (TPSA) is 80.0 Å². The van der Waals surface area contributed by atoms with Crippen LogP contribution in [0.5, 0.6) is 0 Å². The molecule has 2 unspecified atom stereocenters. The van der Waals surface area contributed by atoms with Crippen LogP contribution in [0.1, 0.15) is 59.8 Å². The molecule has 0 aromatic heterocycles. The van der Waals surface area contributed by atoms with Gasteiger partial charge in [0.1, 0.15) is 6.10 Å². The zero-order valence-electron chi connectivity index (χ0n) is 15.4. The van der Waals surface area contributed by atoms with Gasteiger partial charge >= 0.3 is 5.97 Å². The normalized spacial score (nSPS) is 16.6. The molecule has 0 rings (SSSR count). The lowest BCUT2D eigenvalue weighted by Crippen LogP contribution is -2.48. The van der Waals surface area contributed by atoms with Gasteiger partial charge in [-0.3, -0.25) is 4.79 Å². The number of esters is 1. The number of nitrogens with two attached hydrogens (primary N) is 1. The van der Waals surface area contributed by atoms with Crippen molar-refractivity contribution >= 4 is 5.97 Å². The average Bonchev–Trinajstić information content (AvgIpc) is 2.51. The first kappa shape index (κ1) is 22.3. The molecule has 0 bridgehead atoms. The van der Waals surface area contributed by atoms with E-state index in [4.69, 9.17) is 24.7 Å². The van der Waals surface area contributed by atoms with E-state index in [1.54, 1.807) is 14.0 Å². The second kappa shape index (κ2) is 13.7. The third-order valence-electron chi connectivity index (χ3n) is 3.67. The Kier molecular flexibility index (Phi) is 13.3. The van der Waals surface area contributed by atoms with E-state index < -0.39 is 18.4 Å². The molecule has 0 heterocycles. The molecule has 23 heavy (non-hydrogen) atoms. The van der Waals surface area contributed by atoms with Gasteiger partial charge in [0.15, 0.2) is 6.29 Å². The molecule has 0 aromatic rings. The zero-order valence-corrected chi connectivity index (χ0v) is 15.4. The Morgan fingerprint density at radius 1 is 1.09 bits per heavy atom. The van der Waals surface area contributed by atoms with Crippen molar-refractivity contribution in [1.29, 1.82) is 0 Å². The third kappa shape index (κ3) is 11.5. The number of hydrogen-bond acceptors (Lipinski definition) is 6. The summed E-state index contributed by atoms with van der Waals surface area (Å²) in [4.78, 5) is 11.1. The van der Waals surface area contributed by atoms with Crippen LogP contribution in [0.15, 0.2) is 0 Å². The van der Waals surface area contributed by atoms with Gasteiger partial charge in [0, 0.05) is 27.2 Å². The molecule has 0 aliphatic heterocycles. The molecule has 0 radical (unpaired) electrons. The lowest BCUT2D eigenvalue weighted by Gasteiger charge is -2.30. The summed E-state index contributed by atoms with van der Waals surface area (Å²) in [5, 5.41) is 0. The average molecular weight is 333 g/mol. The highest BCUT2D eigenvalue weighted by molar-refractivity contribution is 5.66. The van der Waals surface area contributed by atoms with Crippen LogP contribution in [0.3, 0.4) is 0 Å². The highest BCUT2D eigenvalue weighted by Crippen LogP contribution is 2.13. The predicted molar refractivity (Wildman–Crippen MR) is 90.1 cm³/mol. The van der Waals surface area contributed by atoms with E-state index in [0.717, 1.165) is 38.7 Å². The van der Waals surface area contributed by atoms with Crippen molar-refractivity contribution in [2.45, 2.75) is 84.3 Å². The van der Waals surface area contributed by atoms with Crippen molar-refractivity contribution in [3.63, 3.8) is 0 Å². The summed E-state index contributed by atoms with van der Waals surface area (Å²) in [5.74, 6) is -0.353. The number of carbonyl (C=O) groups is 1. The maximum Gasteiger partial charge on any atom is 0.302 e. The van der Waals surface area contributed by atoms with Gasteiger partial charge in [-0.2, -0.15) is 0 Å². The SMILES string of the molecule is CCC(C)O[C@@H](OCCCCCCOC)C(N)[C@@H](C)OC(C)=O. The summed E-state index contributed by atoms with van der Waals surface area (Å²) in [7, 11) is 1.71. The maximum atomic E-state index is 11.1. The fourth-order valence-corrected chi connectivity index (χ4v) is 2.03. The van der Waals surface area contributed by atoms with Crippen LogP contribution in [0.2, 0.25) is 0 Å². The molecule has 138 valence electrons. The fourth-order valence-electron chi connectivity index (χ4n) is 2.03. The summed E-state index contributed by atoms with van der Waals surface area (Å²) >= 11 is 0. The van der Waals surface area contributed by atoms with Gasteiger partial charge in [0.2, 0.25) is 0 Å². The van der Waals surface area contributed by atoms with E-state index in [9.17, 15) is 4.79 Å². The Balaban J connectivity index is 4.25. The van der Waals surface area contributed by atoms with Gasteiger partial charge < -0.3 is 24.7 Å². The van der Waals surface area contributed by atoms with E-state index >= 15 is 0 Å². The van der Waals surface area contributed by atoms with E-state index in [0.29, 0.717) is 6.61 Å². The molecule has 0 spiro atoms. The molecule has 0 aromatic carbocycles. The van der Waals surface area contributed by atoms with Crippen molar-refractivity contribution < 1.29 is 23.7 Å². The number of carbonyl (C=O) groups excluding carboxylic acids is 1. The summed E-state index contributed by atoms with van der Waals surface area (Å²) < 4.78 is 21.8. The number of ether oxygens (including phenoxy) is 4. The van der Waals surface area contributed by atoms with Gasteiger partial charge in [-0.25, -0.2) is 0 Å². The van der Waals surface area contributed by atoms with Gasteiger partial charge in [-0.15, -0.1) is 0 Å². The molecule has 0 aliphatic rings. The van der Waals surface area contributed by atoms with Crippen LogP contribution in [0.25, 0.3) is 0 Å². The molecule has 0 amide bonds. The van der Waals surface area contributed by atoms with Crippen LogP contribution >= 0.6 is 0 Å². The molecule has 6 nitrogen and oxygen atoms in total. The van der Waals surface area contributed by atoms with Crippen LogP contribution in [-0.4, -0.2) is 50.8 Å². The van der Waals surface area contributed by atoms with E-state index in [1.165, 1.54) is 6.92 Å². The van der Waals surface area contributed by atoms with E-state index in [1.807, 2.05) is 13.8 Å². The van der Waals surface area contributed by atoms with Crippen molar-refractivity contribution in [2.75, 3.05) is 20.3 Å². The number of unbranched alkanes of at least 4 members (excludes halogenated alkanes) is 3. The molecule has 6 heteroatoms. The Hall–Kier alpha value is -0.690. The first-order chi connectivity index (χ1) is 10.9. The molecule has 4 atom stereocenters. The van der Waals surface area contributed by atoms with Crippen LogP contribution in [0, 0.1) is 0 Å². The van der Waals surface area contributed by atoms with Gasteiger partial charge in [0.05, 0.1) is 12.1 Å². The van der Waals surface area contributed by atoms with Gasteiger partial charge in [0.25, 0.3) is 0 Å². The van der Waals surface area contributed by atoms with Crippen LogP contribution < -0.4 is 5.73 Å². The lowest BCUT2D eigenvalue weighted by atomic mass is 10.1. The van der Waals surface area contributed by atoms with Crippen molar-refractivity contribution in [3.05, 3.63) is 0 Å². The highest BCUT2D eigenvalue weighted by Gasteiger charge is 2.28. The summed E-state index contributed by atoms with van der Waals surface area (Å²) in [6.07, 6.45) is 4.08. The van der Waals surface area contributed by atoms with Gasteiger partial charge in [-0.05, 0) is 33.1 Å². The Morgan fingerprint density at radius 2 is 1.70 bits per heavy atom. The first-order valence-electron chi connectivity index (χ1n) is 8.61. The van der Waals surface area contributed by atoms with E-state index in [2.05, 4.69) is 0 Å². The second-order valence-corrected chi connectivity index (χ2v) is 5.89. The van der Waals surface area contributed by atoms with Gasteiger partial charge in [-0.1, -0.05) is 19.8 Å². The van der Waals surface area contributed by atoms with E-state index in [-0.39, 0.29) is 12.1 Å². The third-order valence-corrected chi connectivity index (χ3v) is 3.67. The summed E-state index contributed by atoms with van der Waals surface area (Å²) in [6, 6.07) is -0.513. The highest BCUT2D eigenvalue weighted by atomic mass is 16.7. The largest absolute Gasteiger partial charge is 0.461 e. The maximum absolute atomic E-state index is 11.1. The lowest BCUT2D eigenvalue weighted by molar-refractivity contribution is -0.194. The molecule has 0 saturated carbocycles. The Labute approximate surface area is 141 Å². The number of methoxy groups -OCH3 is 1. The second-order valence-electron chi connectivity index (χ2n) is 5.89. The summed E-state index contributed by atoms with van der Waals surface area (Å²) in [5.41, 5.74) is 6.15. The number of rotatable bonds is 14. The Bertz CT molecular complexity index is 301. The molecule has 0 aliphatic carbocycles. The van der Waals surface area contributed by atoms with Crippen LogP contribution in [-0.2, 0) is 23.7 Å². The minimum absolute atomic E-state index is 0.0391.